The quantitative estimate of drug-likeness (QED) is 0.643. The Hall–Kier alpha value is -1.76. The fourth-order valence-corrected chi connectivity index (χ4v) is 4.23. The smallest absolute Gasteiger partial charge is 0.394 e. The van der Waals surface area contributed by atoms with Gasteiger partial charge in [-0.15, -0.1) is 0 Å². The van der Waals surface area contributed by atoms with Crippen molar-refractivity contribution in [3.8, 4) is 5.75 Å². The Morgan fingerprint density at radius 2 is 2.07 bits per heavy atom. The molecule has 0 radical (unpaired) electrons. The molecule has 2 heterocycles. The number of benzene rings is 1. The summed E-state index contributed by atoms with van der Waals surface area (Å²) in [6.45, 7) is -0.0163. The summed E-state index contributed by atoms with van der Waals surface area (Å²) in [5, 5.41) is 2.99. The van der Waals surface area contributed by atoms with Crippen LogP contribution in [-0.2, 0) is 16.6 Å². The molecule has 3 rings (SSSR count). The number of anilines is 2. The molecule has 0 aliphatic carbocycles. The summed E-state index contributed by atoms with van der Waals surface area (Å²) in [6, 6.07) is 3.52. The molecule has 0 spiro atoms. The number of methoxy groups -OCH3 is 1. The van der Waals surface area contributed by atoms with Crippen LogP contribution in [0.3, 0.4) is 0 Å². The average molecular weight is 409 g/mol. The van der Waals surface area contributed by atoms with Crippen molar-refractivity contribution in [3.63, 3.8) is 0 Å². The molecule has 1 saturated heterocycles. The van der Waals surface area contributed by atoms with Crippen molar-refractivity contribution in [2.45, 2.75) is 12.7 Å². The van der Waals surface area contributed by atoms with E-state index in [0.717, 1.165) is 5.56 Å². The molecule has 152 valence electrons. The number of nitrogens with zero attached hydrogens (tertiary/aromatic N) is 2. The summed E-state index contributed by atoms with van der Waals surface area (Å²) in [7, 11) is -0.604. The summed E-state index contributed by atoms with van der Waals surface area (Å²) < 4.78 is 71.0. The predicted molar refractivity (Wildman–Crippen MR) is 94.8 cm³/mol. The van der Waals surface area contributed by atoms with Gasteiger partial charge in [-0.05, 0) is 11.6 Å². The van der Waals surface area contributed by atoms with Crippen molar-refractivity contribution >= 4 is 21.4 Å². The molecular weight excluding hydrogens is 387 g/mol. The van der Waals surface area contributed by atoms with E-state index in [1.54, 1.807) is 18.1 Å². The van der Waals surface area contributed by atoms with Gasteiger partial charge >= 0.3 is 6.18 Å². The van der Waals surface area contributed by atoms with Crippen LogP contribution in [0.1, 0.15) is 5.56 Å². The van der Waals surface area contributed by atoms with Gasteiger partial charge in [-0.2, -0.15) is 13.2 Å². The van der Waals surface area contributed by atoms with Crippen molar-refractivity contribution in [2.75, 3.05) is 49.3 Å². The second-order valence-electron chi connectivity index (χ2n) is 6.51. The minimum Gasteiger partial charge on any atom is -0.494 e. The molecule has 0 aromatic heterocycles. The summed E-state index contributed by atoms with van der Waals surface area (Å²) in [5.74, 6) is -1.48. The highest BCUT2D eigenvalue weighted by Gasteiger charge is 2.43. The molecule has 8 nitrogen and oxygen atoms in total. The minimum absolute atomic E-state index is 0.0622. The first-order valence-electron chi connectivity index (χ1n) is 8.33. The molecule has 0 amide bonds. The van der Waals surface area contributed by atoms with Crippen LogP contribution >= 0.6 is 0 Å². The van der Waals surface area contributed by atoms with E-state index < -0.39 is 22.1 Å². The summed E-state index contributed by atoms with van der Waals surface area (Å²) in [5.41, 5.74) is 7.55. The van der Waals surface area contributed by atoms with Crippen LogP contribution in [0.2, 0.25) is 0 Å². The van der Waals surface area contributed by atoms with E-state index in [-0.39, 0.29) is 25.4 Å². The van der Waals surface area contributed by atoms with Gasteiger partial charge in [0.2, 0.25) is 10.0 Å². The Morgan fingerprint density at radius 1 is 1.33 bits per heavy atom. The van der Waals surface area contributed by atoms with Crippen LogP contribution in [0.5, 0.6) is 5.75 Å². The highest BCUT2D eigenvalue weighted by molar-refractivity contribution is 7.92. The molecule has 0 bridgehead atoms. The van der Waals surface area contributed by atoms with Crippen LogP contribution in [0.4, 0.5) is 24.5 Å². The molecule has 12 heteroatoms. The Balaban J connectivity index is 1.69. The monoisotopic (exact) mass is 409 g/mol. The van der Waals surface area contributed by atoms with E-state index in [4.69, 9.17) is 4.74 Å². The Labute approximate surface area is 155 Å². The number of rotatable bonds is 6. The summed E-state index contributed by atoms with van der Waals surface area (Å²) in [4.78, 5) is 0. The van der Waals surface area contributed by atoms with E-state index in [0.29, 0.717) is 23.7 Å². The van der Waals surface area contributed by atoms with Crippen LogP contribution in [0, 0.1) is 5.92 Å². The number of hydrogen-bond donors (Lipinski definition) is 3. The number of sulfonamides is 1. The topological polar surface area (TPSA) is 85.9 Å². The predicted octanol–water partition coefficient (Wildman–Crippen LogP) is 0.890. The molecule has 2 aliphatic heterocycles. The lowest BCUT2D eigenvalue weighted by Crippen LogP contribution is -2.36. The van der Waals surface area contributed by atoms with Crippen LogP contribution < -0.4 is 25.3 Å². The van der Waals surface area contributed by atoms with Gasteiger partial charge in [0.1, 0.15) is 11.4 Å². The third-order valence-corrected chi connectivity index (χ3v) is 5.87. The fourth-order valence-electron chi connectivity index (χ4n) is 3.15. The van der Waals surface area contributed by atoms with Crippen LogP contribution in [-0.4, -0.2) is 59.1 Å². The lowest BCUT2D eigenvalue weighted by molar-refractivity contribution is -0.167. The maximum atomic E-state index is 12.7. The molecule has 3 N–H and O–H groups in total. The van der Waals surface area contributed by atoms with E-state index in [1.807, 2.05) is 6.07 Å². The third kappa shape index (κ3) is 4.39. The van der Waals surface area contributed by atoms with Gasteiger partial charge in [0.05, 0.1) is 24.5 Å². The standard InChI is InChI=1S/C15H22F3N5O3S/c1-22-14-10(7-19-22)3-4-12(26-2)13(14)21-27(24,25)6-5-23-9-11(8-20-23)15(16,17)18/h3-4,11,19-21H,5-9H2,1-2H3. The van der Waals surface area contributed by atoms with Crippen LogP contribution in [0.15, 0.2) is 12.1 Å². The highest BCUT2D eigenvalue weighted by Crippen LogP contribution is 2.40. The number of halogens is 3. The summed E-state index contributed by atoms with van der Waals surface area (Å²) >= 11 is 0. The second kappa shape index (κ2) is 7.34. The van der Waals surface area contributed by atoms with E-state index >= 15 is 0 Å². The van der Waals surface area contributed by atoms with Gasteiger partial charge in [-0.1, -0.05) is 6.07 Å². The van der Waals surface area contributed by atoms with Gasteiger partial charge in [-0.25, -0.2) is 18.9 Å². The first kappa shape index (κ1) is 20.0. The Kier molecular flexibility index (Phi) is 5.43. The molecule has 0 saturated carbocycles. The minimum atomic E-state index is -4.30. The molecule has 1 aromatic rings. The molecule has 1 unspecified atom stereocenters. The van der Waals surface area contributed by atoms with Gasteiger partial charge < -0.3 is 9.75 Å². The number of fused-ring (bicyclic) bond motifs is 1. The SMILES string of the molecule is COc1ccc2c(c1NS(=O)(=O)CCN1CC(C(F)(F)F)CN1)N(C)NC2. The average Bonchev–Trinajstić information content (AvgIpc) is 3.20. The zero-order valence-electron chi connectivity index (χ0n) is 14.9. The largest absolute Gasteiger partial charge is 0.494 e. The van der Waals surface area contributed by atoms with Crippen molar-refractivity contribution in [1.29, 1.82) is 0 Å². The van der Waals surface area contributed by atoms with Crippen molar-refractivity contribution < 1.29 is 26.3 Å². The van der Waals surface area contributed by atoms with Crippen LogP contribution in [0.25, 0.3) is 0 Å². The van der Waals surface area contributed by atoms with Gasteiger partial charge in [0.25, 0.3) is 0 Å². The zero-order valence-corrected chi connectivity index (χ0v) is 15.7. The number of nitrogens with one attached hydrogen (secondary N) is 3. The molecular formula is C15H22F3N5O3S. The maximum absolute atomic E-state index is 12.7. The first-order chi connectivity index (χ1) is 12.6. The molecule has 1 fully saturated rings. The normalized spacial score (nSPS) is 20.8. The third-order valence-electron chi connectivity index (χ3n) is 4.64. The molecule has 1 aromatic carbocycles. The number of alkyl halides is 3. The Morgan fingerprint density at radius 3 is 2.70 bits per heavy atom. The first-order valence-corrected chi connectivity index (χ1v) is 9.98. The number of hydrazine groups is 2. The Bertz CT molecular complexity index is 803. The second-order valence-corrected chi connectivity index (χ2v) is 8.35. The van der Waals surface area contributed by atoms with Crippen molar-refractivity contribution in [1.82, 2.24) is 15.9 Å². The summed E-state index contributed by atoms with van der Waals surface area (Å²) in [6.07, 6.45) is -4.30. The van der Waals surface area contributed by atoms with Gasteiger partial charge in [-0.3, -0.25) is 10.1 Å². The molecule has 1 atom stereocenters. The van der Waals surface area contributed by atoms with E-state index in [9.17, 15) is 21.6 Å². The maximum Gasteiger partial charge on any atom is 0.394 e. The number of ether oxygens (including phenoxy) is 1. The zero-order chi connectivity index (χ0) is 19.8. The lowest BCUT2D eigenvalue weighted by Gasteiger charge is -2.21. The number of hydrogen-bond acceptors (Lipinski definition) is 7. The molecule has 27 heavy (non-hydrogen) atoms. The lowest BCUT2D eigenvalue weighted by atomic mass is 10.1. The van der Waals surface area contributed by atoms with Gasteiger partial charge in [0.15, 0.2) is 0 Å². The van der Waals surface area contributed by atoms with Crippen molar-refractivity contribution in [3.05, 3.63) is 17.7 Å². The van der Waals surface area contributed by atoms with E-state index in [1.165, 1.54) is 12.1 Å². The van der Waals surface area contributed by atoms with Crippen molar-refractivity contribution in [2.24, 2.45) is 5.92 Å². The molecule has 2 aliphatic rings. The van der Waals surface area contributed by atoms with Gasteiger partial charge in [0, 0.05) is 33.2 Å². The fraction of sp³-hybridized carbons (Fsp3) is 0.600. The highest BCUT2D eigenvalue weighted by atomic mass is 32.2. The van der Waals surface area contributed by atoms with E-state index in [2.05, 4.69) is 15.6 Å².